The van der Waals surface area contributed by atoms with Crippen LogP contribution >= 0.6 is 0 Å². The Morgan fingerprint density at radius 1 is 1.32 bits per heavy atom. The molecule has 0 spiro atoms. The Labute approximate surface area is 114 Å². The highest BCUT2D eigenvalue weighted by Gasteiger charge is 2.12. The molecule has 0 bridgehead atoms. The Morgan fingerprint density at radius 2 is 2.11 bits per heavy atom. The lowest BCUT2D eigenvalue weighted by Crippen LogP contribution is -2.25. The summed E-state index contributed by atoms with van der Waals surface area (Å²) in [5.41, 5.74) is 11.6. The van der Waals surface area contributed by atoms with Crippen LogP contribution in [0, 0.1) is 13.8 Å². The van der Waals surface area contributed by atoms with Crippen LogP contribution in [0.15, 0.2) is 24.4 Å². The number of benzene rings is 1. The van der Waals surface area contributed by atoms with Crippen LogP contribution in [-0.4, -0.2) is 35.2 Å². The van der Waals surface area contributed by atoms with Crippen LogP contribution in [0.5, 0.6) is 0 Å². The van der Waals surface area contributed by atoms with Crippen LogP contribution in [0.4, 0.5) is 0 Å². The topological polar surface area (TPSA) is 57.9 Å². The first kappa shape index (κ1) is 13.8. The molecule has 0 atom stereocenters. The summed E-state index contributed by atoms with van der Waals surface area (Å²) in [6.45, 7) is 6.66. The van der Waals surface area contributed by atoms with Gasteiger partial charge in [0.05, 0.1) is 5.69 Å². The molecule has 4 heteroatoms. The lowest BCUT2D eigenvalue weighted by atomic mass is 10.0. The number of nitrogens with one attached hydrogen (secondary N) is 1. The first-order chi connectivity index (χ1) is 9.11. The summed E-state index contributed by atoms with van der Waals surface area (Å²) in [4.78, 5) is 2.21. The number of aromatic amines is 1. The summed E-state index contributed by atoms with van der Waals surface area (Å²) < 4.78 is 0. The van der Waals surface area contributed by atoms with Crippen molar-refractivity contribution in [1.29, 1.82) is 0 Å². The van der Waals surface area contributed by atoms with Crippen molar-refractivity contribution in [2.45, 2.75) is 20.4 Å². The molecule has 1 aromatic carbocycles. The molecule has 0 aliphatic carbocycles. The molecule has 0 fully saturated rings. The van der Waals surface area contributed by atoms with Gasteiger partial charge in [0.2, 0.25) is 0 Å². The van der Waals surface area contributed by atoms with Crippen LogP contribution < -0.4 is 5.73 Å². The number of hydrogen-bond acceptors (Lipinski definition) is 3. The molecular weight excluding hydrogens is 236 g/mol. The largest absolute Gasteiger partial charge is 0.329 e. The minimum absolute atomic E-state index is 0.674. The average molecular weight is 258 g/mol. The van der Waals surface area contributed by atoms with Gasteiger partial charge in [0.25, 0.3) is 0 Å². The van der Waals surface area contributed by atoms with Crippen LogP contribution in [0.2, 0.25) is 0 Å². The van der Waals surface area contributed by atoms with Crippen molar-refractivity contribution in [3.8, 4) is 11.3 Å². The van der Waals surface area contributed by atoms with Gasteiger partial charge >= 0.3 is 0 Å². The molecule has 0 saturated carbocycles. The fourth-order valence-corrected chi connectivity index (χ4v) is 2.34. The van der Waals surface area contributed by atoms with Gasteiger partial charge in [0.1, 0.15) is 0 Å². The quantitative estimate of drug-likeness (QED) is 0.863. The first-order valence-corrected chi connectivity index (χ1v) is 6.60. The molecule has 0 radical (unpaired) electrons. The van der Waals surface area contributed by atoms with Crippen LogP contribution in [0.1, 0.15) is 16.7 Å². The van der Waals surface area contributed by atoms with E-state index in [-0.39, 0.29) is 0 Å². The molecule has 0 saturated heterocycles. The van der Waals surface area contributed by atoms with Crippen molar-refractivity contribution in [1.82, 2.24) is 15.1 Å². The van der Waals surface area contributed by atoms with E-state index >= 15 is 0 Å². The molecule has 4 nitrogen and oxygen atoms in total. The number of rotatable bonds is 5. The molecule has 0 aliphatic rings. The first-order valence-electron chi connectivity index (χ1n) is 6.60. The predicted molar refractivity (Wildman–Crippen MR) is 78.9 cm³/mol. The van der Waals surface area contributed by atoms with E-state index in [4.69, 9.17) is 5.73 Å². The van der Waals surface area contributed by atoms with Crippen molar-refractivity contribution < 1.29 is 0 Å². The minimum Gasteiger partial charge on any atom is -0.329 e. The smallest absolute Gasteiger partial charge is 0.0968 e. The van der Waals surface area contributed by atoms with Gasteiger partial charge in [-0.25, -0.2) is 0 Å². The summed E-state index contributed by atoms with van der Waals surface area (Å²) in [6, 6.07) is 6.47. The van der Waals surface area contributed by atoms with E-state index in [2.05, 4.69) is 54.2 Å². The molecule has 3 N–H and O–H groups in total. The summed E-state index contributed by atoms with van der Waals surface area (Å²) in [6.07, 6.45) is 1.97. The lowest BCUT2D eigenvalue weighted by Gasteiger charge is -2.15. The normalized spacial score (nSPS) is 11.2. The van der Waals surface area contributed by atoms with Crippen molar-refractivity contribution in [2.75, 3.05) is 20.1 Å². The summed E-state index contributed by atoms with van der Waals surface area (Å²) in [5, 5.41) is 7.39. The second kappa shape index (κ2) is 5.99. The number of aryl methyl sites for hydroxylation is 2. The molecule has 0 unspecified atom stereocenters. The van der Waals surface area contributed by atoms with Crippen molar-refractivity contribution >= 4 is 0 Å². The Balaban J connectivity index is 2.28. The third-order valence-electron chi connectivity index (χ3n) is 3.31. The van der Waals surface area contributed by atoms with Gasteiger partial charge in [-0.3, -0.25) is 5.10 Å². The molecular formula is C15H22N4. The zero-order valence-corrected chi connectivity index (χ0v) is 11.9. The fourth-order valence-electron chi connectivity index (χ4n) is 2.34. The number of nitrogens with two attached hydrogens (primary N) is 1. The van der Waals surface area contributed by atoms with Gasteiger partial charge in [-0.15, -0.1) is 0 Å². The molecule has 2 rings (SSSR count). The molecule has 1 aromatic heterocycles. The van der Waals surface area contributed by atoms with Crippen molar-refractivity contribution in [3.05, 3.63) is 41.1 Å². The average Bonchev–Trinajstić information content (AvgIpc) is 2.77. The van der Waals surface area contributed by atoms with Gasteiger partial charge in [-0.1, -0.05) is 23.8 Å². The Hall–Kier alpha value is -1.65. The Kier molecular flexibility index (Phi) is 4.35. The van der Waals surface area contributed by atoms with Crippen LogP contribution in [0.3, 0.4) is 0 Å². The molecule has 19 heavy (non-hydrogen) atoms. The third-order valence-corrected chi connectivity index (χ3v) is 3.31. The SMILES string of the molecule is Cc1ccc(-c2n[nH]cc2CN(C)CCN)c(C)c1. The standard InChI is InChI=1S/C15H22N4/c1-11-4-5-14(12(2)8-11)15-13(9-17-18-15)10-19(3)7-6-16/h4-5,8-9H,6-7,10,16H2,1-3H3,(H,17,18). The number of nitrogens with zero attached hydrogens (tertiary/aromatic N) is 2. The maximum absolute atomic E-state index is 5.58. The number of hydrogen-bond donors (Lipinski definition) is 2. The van der Waals surface area contributed by atoms with E-state index in [1.54, 1.807) is 0 Å². The van der Waals surface area contributed by atoms with E-state index in [0.717, 1.165) is 18.8 Å². The van der Waals surface area contributed by atoms with E-state index in [1.165, 1.54) is 22.3 Å². The molecule has 0 amide bonds. The predicted octanol–water partition coefficient (Wildman–Crippen LogP) is 2.08. The van der Waals surface area contributed by atoms with E-state index < -0.39 is 0 Å². The van der Waals surface area contributed by atoms with E-state index in [1.807, 2.05) is 6.20 Å². The number of aromatic nitrogens is 2. The van der Waals surface area contributed by atoms with Crippen LogP contribution in [-0.2, 0) is 6.54 Å². The van der Waals surface area contributed by atoms with Gasteiger partial charge in [-0.2, -0.15) is 5.10 Å². The van der Waals surface area contributed by atoms with E-state index in [0.29, 0.717) is 6.54 Å². The highest BCUT2D eigenvalue weighted by molar-refractivity contribution is 5.66. The maximum Gasteiger partial charge on any atom is 0.0968 e. The summed E-state index contributed by atoms with van der Waals surface area (Å²) in [7, 11) is 2.08. The van der Waals surface area contributed by atoms with Gasteiger partial charge in [-0.05, 0) is 26.5 Å². The molecule has 2 aromatic rings. The highest BCUT2D eigenvalue weighted by Crippen LogP contribution is 2.26. The van der Waals surface area contributed by atoms with E-state index in [9.17, 15) is 0 Å². The van der Waals surface area contributed by atoms with Gasteiger partial charge < -0.3 is 10.6 Å². The second-order valence-corrected chi connectivity index (χ2v) is 5.10. The molecule has 102 valence electrons. The monoisotopic (exact) mass is 258 g/mol. The highest BCUT2D eigenvalue weighted by atomic mass is 15.1. The fraction of sp³-hybridized carbons (Fsp3) is 0.400. The second-order valence-electron chi connectivity index (χ2n) is 5.10. The maximum atomic E-state index is 5.58. The minimum atomic E-state index is 0.674. The number of H-pyrrole nitrogens is 1. The van der Waals surface area contributed by atoms with Crippen molar-refractivity contribution in [3.63, 3.8) is 0 Å². The summed E-state index contributed by atoms with van der Waals surface area (Å²) in [5.74, 6) is 0. The zero-order valence-electron chi connectivity index (χ0n) is 11.9. The summed E-state index contributed by atoms with van der Waals surface area (Å²) >= 11 is 0. The zero-order chi connectivity index (χ0) is 13.8. The van der Waals surface area contributed by atoms with Gasteiger partial charge in [0, 0.05) is 37.0 Å². The molecule has 1 heterocycles. The van der Waals surface area contributed by atoms with Gasteiger partial charge in [0.15, 0.2) is 0 Å². The van der Waals surface area contributed by atoms with Crippen molar-refractivity contribution in [2.24, 2.45) is 5.73 Å². The Morgan fingerprint density at radius 3 is 2.79 bits per heavy atom. The molecule has 0 aliphatic heterocycles. The number of likely N-dealkylation sites (N-methyl/N-ethyl adjacent to an activating group) is 1. The Bertz CT molecular complexity index is 545. The third kappa shape index (κ3) is 3.22. The lowest BCUT2D eigenvalue weighted by molar-refractivity contribution is 0.337. The van der Waals surface area contributed by atoms with Crippen LogP contribution in [0.25, 0.3) is 11.3 Å².